The van der Waals surface area contributed by atoms with Gasteiger partial charge in [0.05, 0.1) is 11.1 Å². The molecule has 18 heavy (non-hydrogen) atoms. The van der Waals surface area contributed by atoms with Crippen LogP contribution < -0.4 is 11.3 Å². The van der Waals surface area contributed by atoms with Gasteiger partial charge in [-0.05, 0) is 32.9 Å². The van der Waals surface area contributed by atoms with Crippen molar-refractivity contribution in [1.29, 1.82) is 0 Å². The second-order valence-corrected chi connectivity index (χ2v) is 5.15. The summed E-state index contributed by atoms with van der Waals surface area (Å²) in [5.41, 5.74) is 4.41. The van der Waals surface area contributed by atoms with Gasteiger partial charge in [-0.15, -0.1) is 0 Å². The molecule has 0 aliphatic carbocycles. The Hall–Kier alpha value is -1.94. The molecule has 0 saturated heterocycles. The van der Waals surface area contributed by atoms with Crippen molar-refractivity contribution >= 4 is 16.7 Å². The molecule has 0 aliphatic heterocycles. The van der Waals surface area contributed by atoms with E-state index in [1.165, 1.54) is 0 Å². The van der Waals surface area contributed by atoms with Crippen LogP contribution in [0.1, 0.15) is 26.3 Å². The summed E-state index contributed by atoms with van der Waals surface area (Å²) < 4.78 is 0. The Morgan fingerprint density at radius 3 is 2.61 bits per heavy atom. The lowest BCUT2D eigenvalue weighted by Gasteiger charge is -2.16. The molecule has 4 heteroatoms. The highest BCUT2D eigenvalue weighted by Crippen LogP contribution is 2.18. The number of aromatic nitrogens is 1. The van der Waals surface area contributed by atoms with Crippen molar-refractivity contribution in [3.05, 3.63) is 42.1 Å². The number of benzene rings is 1. The van der Waals surface area contributed by atoms with Crippen LogP contribution >= 0.6 is 0 Å². The van der Waals surface area contributed by atoms with Gasteiger partial charge < -0.3 is 5.43 Å². The first-order valence-electron chi connectivity index (χ1n) is 5.92. The van der Waals surface area contributed by atoms with E-state index < -0.39 is 0 Å². The lowest BCUT2D eigenvalue weighted by molar-refractivity contribution is 0.580. The van der Waals surface area contributed by atoms with Crippen molar-refractivity contribution < 1.29 is 0 Å². The molecule has 0 bridgehead atoms. The molecule has 94 valence electrons. The van der Waals surface area contributed by atoms with Crippen molar-refractivity contribution in [3.63, 3.8) is 0 Å². The minimum Gasteiger partial charge on any atom is -0.308 e. The Balaban J connectivity index is 2.63. The molecule has 1 aromatic heterocycles. The van der Waals surface area contributed by atoms with Gasteiger partial charge in [-0.2, -0.15) is 0 Å². The van der Waals surface area contributed by atoms with Crippen LogP contribution in [0.15, 0.2) is 41.5 Å². The standard InChI is InChI=1S/C14H18N4/c1-14(2,3)17-13(18-15)11-8-9-16-12-7-5-4-6-10(11)12/h4-9H,15H2,1-3H3,(H,17,18). The van der Waals surface area contributed by atoms with Crippen LogP contribution in [0.5, 0.6) is 0 Å². The van der Waals surface area contributed by atoms with Crippen LogP contribution in [0.25, 0.3) is 10.9 Å². The molecule has 4 nitrogen and oxygen atoms in total. The first-order chi connectivity index (χ1) is 8.51. The predicted molar refractivity (Wildman–Crippen MR) is 75.4 cm³/mol. The molecule has 0 radical (unpaired) electrons. The fourth-order valence-corrected chi connectivity index (χ4v) is 1.81. The fraction of sp³-hybridized carbons (Fsp3) is 0.286. The van der Waals surface area contributed by atoms with Crippen LogP contribution in [0.3, 0.4) is 0 Å². The molecule has 0 saturated carbocycles. The van der Waals surface area contributed by atoms with Crippen molar-refractivity contribution in [1.82, 2.24) is 10.4 Å². The Morgan fingerprint density at radius 1 is 1.22 bits per heavy atom. The number of hydrogen-bond donors (Lipinski definition) is 2. The lowest BCUT2D eigenvalue weighted by atomic mass is 10.1. The van der Waals surface area contributed by atoms with E-state index in [0.29, 0.717) is 5.84 Å². The van der Waals surface area contributed by atoms with Gasteiger partial charge in [-0.1, -0.05) is 18.2 Å². The fourth-order valence-electron chi connectivity index (χ4n) is 1.81. The van der Waals surface area contributed by atoms with Crippen molar-refractivity contribution in [3.8, 4) is 0 Å². The van der Waals surface area contributed by atoms with Crippen LogP contribution in [0.4, 0.5) is 0 Å². The molecule has 0 atom stereocenters. The maximum Gasteiger partial charge on any atom is 0.143 e. The van der Waals surface area contributed by atoms with Gasteiger partial charge in [0.25, 0.3) is 0 Å². The highest BCUT2D eigenvalue weighted by atomic mass is 15.3. The minimum atomic E-state index is -0.188. The summed E-state index contributed by atoms with van der Waals surface area (Å²) in [6.45, 7) is 6.11. The number of hydrazine groups is 1. The number of hydrogen-bond acceptors (Lipinski definition) is 3. The molecule has 1 heterocycles. The first-order valence-corrected chi connectivity index (χ1v) is 5.92. The SMILES string of the molecule is CC(C)(C)N=C(NN)c1ccnc2ccccc12. The van der Waals surface area contributed by atoms with Crippen LogP contribution in [-0.4, -0.2) is 16.4 Å². The van der Waals surface area contributed by atoms with Crippen molar-refractivity contribution in [2.24, 2.45) is 10.8 Å². The van der Waals surface area contributed by atoms with Gasteiger partial charge in [0.15, 0.2) is 0 Å². The van der Waals surface area contributed by atoms with Crippen LogP contribution in [0, 0.1) is 0 Å². The topological polar surface area (TPSA) is 63.3 Å². The average Bonchev–Trinajstić information content (AvgIpc) is 2.34. The monoisotopic (exact) mass is 242 g/mol. The first kappa shape index (κ1) is 12.5. The predicted octanol–water partition coefficient (Wildman–Crippen LogP) is 2.24. The molecule has 1 aromatic carbocycles. The summed E-state index contributed by atoms with van der Waals surface area (Å²) in [6.07, 6.45) is 1.77. The van der Waals surface area contributed by atoms with Gasteiger partial charge in [-0.3, -0.25) is 9.98 Å². The Morgan fingerprint density at radius 2 is 1.94 bits per heavy atom. The highest BCUT2D eigenvalue weighted by Gasteiger charge is 2.13. The molecule has 0 fully saturated rings. The third-order valence-electron chi connectivity index (χ3n) is 2.49. The van der Waals surface area contributed by atoms with Gasteiger partial charge in [-0.25, -0.2) is 5.84 Å². The maximum atomic E-state index is 5.60. The number of nitrogens with two attached hydrogens (primary N) is 1. The molecule has 2 aromatic rings. The summed E-state index contributed by atoms with van der Waals surface area (Å²) >= 11 is 0. The van der Waals surface area contributed by atoms with Crippen LogP contribution in [-0.2, 0) is 0 Å². The number of nitrogens with zero attached hydrogens (tertiary/aromatic N) is 2. The molecule has 0 aliphatic rings. The van der Waals surface area contributed by atoms with Gasteiger partial charge in [0, 0.05) is 17.1 Å². The molecule has 0 unspecified atom stereocenters. The largest absolute Gasteiger partial charge is 0.308 e. The summed E-state index contributed by atoms with van der Waals surface area (Å²) in [6, 6.07) is 9.87. The van der Waals surface area contributed by atoms with E-state index in [2.05, 4.69) is 15.4 Å². The van der Waals surface area contributed by atoms with E-state index in [1.54, 1.807) is 6.20 Å². The zero-order valence-corrected chi connectivity index (χ0v) is 10.9. The van der Waals surface area contributed by atoms with E-state index >= 15 is 0 Å². The van der Waals surface area contributed by atoms with Gasteiger partial charge in [0.2, 0.25) is 0 Å². The third kappa shape index (κ3) is 2.65. The number of nitrogens with one attached hydrogen (secondary N) is 1. The molecule has 0 spiro atoms. The smallest absolute Gasteiger partial charge is 0.143 e. The Bertz CT molecular complexity index is 576. The minimum absolute atomic E-state index is 0.188. The Kier molecular flexibility index (Phi) is 3.30. The molecule has 0 amide bonds. The van der Waals surface area contributed by atoms with E-state index in [4.69, 9.17) is 5.84 Å². The highest BCUT2D eigenvalue weighted by molar-refractivity contribution is 6.08. The van der Waals surface area contributed by atoms with Gasteiger partial charge in [0.1, 0.15) is 5.84 Å². The second kappa shape index (κ2) is 4.74. The maximum absolute atomic E-state index is 5.60. The third-order valence-corrected chi connectivity index (χ3v) is 2.49. The number of para-hydroxylation sites is 1. The zero-order chi connectivity index (χ0) is 13.2. The number of aliphatic imine (C=N–C) groups is 1. The summed E-state index contributed by atoms with van der Waals surface area (Å²) in [7, 11) is 0. The van der Waals surface area contributed by atoms with E-state index in [1.807, 2.05) is 51.1 Å². The van der Waals surface area contributed by atoms with E-state index in [9.17, 15) is 0 Å². The van der Waals surface area contributed by atoms with E-state index in [0.717, 1.165) is 16.5 Å². The summed E-state index contributed by atoms with van der Waals surface area (Å²) in [5, 5.41) is 1.04. The van der Waals surface area contributed by atoms with Crippen molar-refractivity contribution in [2.75, 3.05) is 0 Å². The van der Waals surface area contributed by atoms with Crippen molar-refractivity contribution in [2.45, 2.75) is 26.3 Å². The number of fused-ring (bicyclic) bond motifs is 1. The van der Waals surface area contributed by atoms with E-state index in [-0.39, 0.29) is 5.54 Å². The molecule has 2 rings (SSSR count). The van der Waals surface area contributed by atoms with Gasteiger partial charge >= 0.3 is 0 Å². The second-order valence-electron chi connectivity index (χ2n) is 5.15. The normalized spacial score (nSPS) is 12.8. The number of pyridine rings is 1. The van der Waals surface area contributed by atoms with Crippen LogP contribution in [0.2, 0.25) is 0 Å². The summed E-state index contributed by atoms with van der Waals surface area (Å²) in [5.74, 6) is 6.28. The summed E-state index contributed by atoms with van der Waals surface area (Å²) in [4.78, 5) is 8.93. The Labute approximate surface area is 107 Å². The average molecular weight is 242 g/mol. The quantitative estimate of drug-likeness (QED) is 0.349. The number of amidine groups is 1. The number of rotatable bonds is 1. The molecule has 3 N–H and O–H groups in total. The zero-order valence-electron chi connectivity index (χ0n) is 10.9. The molecular formula is C14H18N4. The lowest BCUT2D eigenvalue weighted by Crippen LogP contribution is -2.33. The molecular weight excluding hydrogens is 224 g/mol.